The van der Waals surface area contributed by atoms with E-state index < -0.39 is 29.1 Å². The molecule has 0 saturated carbocycles. The molecular formula is C21H20ClF3N2O2. The molecule has 2 aromatic rings. The highest BCUT2D eigenvalue weighted by atomic mass is 35.5. The average Bonchev–Trinajstić information content (AvgIpc) is 2.71. The van der Waals surface area contributed by atoms with E-state index in [1.165, 1.54) is 37.3 Å². The van der Waals surface area contributed by atoms with E-state index in [0.29, 0.717) is 24.1 Å². The molecule has 2 aromatic carbocycles. The zero-order chi connectivity index (χ0) is 21.2. The summed E-state index contributed by atoms with van der Waals surface area (Å²) in [4.78, 5) is 26.0. The van der Waals surface area contributed by atoms with Gasteiger partial charge in [0.25, 0.3) is 11.8 Å². The average molecular weight is 425 g/mol. The summed E-state index contributed by atoms with van der Waals surface area (Å²) >= 11 is 5.94. The Balaban J connectivity index is 1.85. The minimum absolute atomic E-state index is 0.0857. The lowest BCUT2D eigenvalue weighted by atomic mass is 10.0. The molecule has 1 N–H and O–H groups in total. The third-order valence-electron chi connectivity index (χ3n) is 4.89. The smallest absolute Gasteiger partial charge is 0.337 e. The Morgan fingerprint density at radius 3 is 2.41 bits per heavy atom. The molecule has 1 heterocycles. The fourth-order valence-corrected chi connectivity index (χ4v) is 3.48. The van der Waals surface area contributed by atoms with Crippen LogP contribution < -0.4 is 5.32 Å². The van der Waals surface area contributed by atoms with E-state index in [4.69, 9.17) is 11.6 Å². The Morgan fingerprint density at radius 2 is 1.76 bits per heavy atom. The lowest BCUT2D eigenvalue weighted by Gasteiger charge is -2.30. The number of alkyl halides is 2. The number of carbonyl (C=O) groups is 2. The minimum Gasteiger partial charge on any atom is -0.337 e. The molecule has 0 unspecified atom stereocenters. The Morgan fingerprint density at radius 1 is 1.07 bits per heavy atom. The van der Waals surface area contributed by atoms with Crippen molar-refractivity contribution in [3.05, 3.63) is 63.9 Å². The Labute approximate surface area is 171 Å². The van der Waals surface area contributed by atoms with Crippen LogP contribution in [-0.2, 0) is 10.7 Å². The molecule has 1 aliphatic rings. The quantitative estimate of drug-likeness (QED) is 0.738. The molecule has 154 valence electrons. The summed E-state index contributed by atoms with van der Waals surface area (Å²) < 4.78 is 43.2. The largest absolute Gasteiger partial charge is 0.351 e. The monoisotopic (exact) mass is 424 g/mol. The number of hydrogen-bond donors (Lipinski definition) is 1. The van der Waals surface area contributed by atoms with Crippen molar-refractivity contribution in [3.8, 4) is 0 Å². The SMILES string of the molecule is Cc1cc(NC(=O)c2ccc(Cl)c(C(F)(F)C(=O)N3CCCCC3)c2)ccc1F. The molecule has 0 bridgehead atoms. The molecule has 0 aromatic heterocycles. The Bertz CT molecular complexity index is 944. The Kier molecular flexibility index (Phi) is 6.17. The van der Waals surface area contributed by atoms with Gasteiger partial charge in [0, 0.05) is 24.3 Å². The van der Waals surface area contributed by atoms with Gasteiger partial charge in [-0.3, -0.25) is 9.59 Å². The first-order chi connectivity index (χ1) is 13.7. The van der Waals surface area contributed by atoms with Crippen molar-refractivity contribution in [2.75, 3.05) is 18.4 Å². The van der Waals surface area contributed by atoms with Crippen LogP contribution in [0.4, 0.5) is 18.9 Å². The minimum atomic E-state index is -3.85. The van der Waals surface area contributed by atoms with Gasteiger partial charge in [-0.25, -0.2) is 4.39 Å². The van der Waals surface area contributed by atoms with E-state index in [9.17, 15) is 22.8 Å². The van der Waals surface area contributed by atoms with Crippen LogP contribution in [0.3, 0.4) is 0 Å². The normalized spacial score (nSPS) is 14.6. The van der Waals surface area contributed by atoms with Crippen molar-refractivity contribution in [2.24, 2.45) is 0 Å². The number of anilines is 1. The third kappa shape index (κ3) is 4.56. The second kappa shape index (κ2) is 8.45. The Hall–Kier alpha value is -2.54. The maximum absolute atomic E-state index is 14.9. The summed E-state index contributed by atoms with van der Waals surface area (Å²) in [6.07, 6.45) is 2.25. The van der Waals surface area contributed by atoms with E-state index in [0.717, 1.165) is 17.4 Å². The zero-order valence-corrected chi connectivity index (χ0v) is 16.5. The summed E-state index contributed by atoms with van der Waals surface area (Å²) in [6, 6.07) is 7.38. The highest BCUT2D eigenvalue weighted by Crippen LogP contribution is 2.36. The number of hydrogen-bond acceptors (Lipinski definition) is 2. The summed E-state index contributed by atoms with van der Waals surface area (Å²) in [5.41, 5.74) is -0.144. The first-order valence-electron chi connectivity index (χ1n) is 9.25. The number of likely N-dealkylation sites (tertiary alicyclic amines) is 1. The van der Waals surface area contributed by atoms with Gasteiger partial charge < -0.3 is 10.2 Å². The fourth-order valence-electron chi connectivity index (χ4n) is 3.24. The van der Waals surface area contributed by atoms with E-state index in [2.05, 4.69) is 5.32 Å². The molecule has 29 heavy (non-hydrogen) atoms. The molecule has 4 nitrogen and oxygen atoms in total. The number of benzene rings is 2. The van der Waals surface area contributed by atoms with Gasteiger partial charge in [-0.1, -0.05) is 11.6 Å². The fraction of sp³-hybridized carbons (Fsp3) is 0.333. The van der Waals surface area contributed by atoms with Gasteiger partial charge in [0.05, 0.1) is 10.6 Å². The number of nitrogens with zero attached hydrogens (tertiary/aromatic N) is 1. The van der Waals surface area contributed by atoms with Crippen LogP contribution in [0.25, 0.3) is 0 Å². The van der Waals surface area contributed by atoms with Gasteiger partial charge in [0.2, 0.25) is 0 Å². The first-order valence-corrected chi connectivity index (χ1v) is 9.62. The number of aryl methyl sites for hydroxylation is 1. The first kappa shape index (κ1) is 21.2. The van der Waals surface area contributed by atoms with E-state index >= 15 is 0 Å². The van der Waals surface area contributed by atoms with Gasteiger partial charge in [-0.05, 0) is 68.1 Å². The lowest BCUT2D eigenvalue weighted by molar-refractivity contribution is -0.160. The molecule has 1 fully saturated rings. The van der Waals surface area contributed by atoms with Gasteiger partial charge in [0.1, 0.15) is 5.82 Å². The summed E-state index contributed by atoms with van der Waals surface area (Å²) in [5, 5.41) is 2.23. The van der Waals surface area contributed by atoms with Crippen LogP contribution in [-0.4, -0.2) is 29.8 Å². The number of carbonyl (C=O) groups excluding carboxylic acids is 2. The van der Waals surface area contributed by atoms with Crippen molar-refractivity contribution in [2.45, 2.75) is 32.1 Å². The van der Waals surface area contributed by atoms with Crippen LogP contribution in [0, 0.1) is 12.7 Å². The molecule has 0 spiro atoms. The van der Waals surface area contributed by atoms with Crippen molar-refractivity contribution >= 4 is 29.1 Å². The molecule has 0 aliphatic carbocycles. The van der Waals surface area contributed by atoms with Gasteiger partial charge >= 0.3 is 5.92 Å². The van der Waals surface area contributed by atoms with Gasteiger partial charge in [-0.15, -0.1) is 0 Å². The predicted octanol–water partition coefficient (Wildman–Crippen LogP) is 5.14. The highest BCUT2D eigenvalue weighted by Gasteiger charge is 2.45. The molecule has 8 heteroatoms. The van der Waals surface area contributed by atoms with E-state index in [1.807, 2.05) is 0 Å². The van der Waals surface area contributed by atoms with Gasteiger partial charge in [0.15, 0.2) is 0 Å². The van der Waals surface area contributed by atoms with Crippen molar-refractivity contribution < 1.29 is 22.8 Å². The zero-order valence-electron chi connectivity index (χ0n) is 15.8. The third-order valence-corrected chi connectivity index (χ3v) is 5.22. The molecular weight excluding hydrogens is 405 g/mol. The maximum atomic E-state index is 14.9. The van der Waals surface area contributed by atoms with Crippen molar-refractivity contribution in [3.63, 3.8) is 0 Å². The maximum Gasteiger partial charge on any atom is 0.351 e. The highest BCUT2D eigenvalue weighted by molar-refractivity contribution is 6.32. The molecule has 1 aliphatic heterocycles. The number of piperidine rings is 1. The van der Waals surface area contributed by atoms with E-state index in [1.54, 1.807) is 0 Å². The second-order valence-corrected chi connectivity index (χ2v) is 7.45. The predicted molar refractivity (Wildman–Crippen MR) is 105 cm³/mol. The van der Waals surface area contributed by atoms with Crippen LogP contribution in [0.5, 0.6) is 0 Å². The lowest BCUT2D eigenvalue weighted by Crippen LogP contribution is -2.44. The number of rotatable bonds is 4. The molecule has 0 radical (unpaired) electrons. The van der Waals surface area contributed by atoms with E-state index in [-0.39, 0.29) is 23.7 Å². The van der Waals surface area contributed by atoms with Crippen molar-refractivity contribution in [1.29, 1.82) is 0 Å². The van der Waals surface area contributed by atoms with Crippen LogP contribution in [0.2, 0.25) is 5.02 Å². The summed E-state index contributed by atoms with van der Waals surface area (Å²) in [6.45, 7) is 2.09. The van der Waals surface area contributed by atoms with Crippen LogP contribution in [0.15, 0.2) is 36.4 Å². The number of amides is 2. The summed E-state index contributed by atoms with van der Waals surface area (Å²) in [5.74, 6) is -6.26. The molecule has 3 rings (SSSR count). The standard InChI is InChI=1S/C21H20ClF3N2O2/c1-13-11-15(6-8-18(13)23)26-19(28)14-5-7-17(22)16(12-14)21(24,25)20(29)27-9-3-2-4-10-27/h5-8,11-12H,2-4,9-10H2,1H3,(H,26,28). The second-order valence-electron chi connectivity index (χ2n) is 7.04. The molecule has 1 saturated heterocycles. The van der Waals surface area contributed by atoms with Crippen LogP contribution in [0.1, 0.15) is 40.7 Å². The molecule has 0 atom stereocenters. The number of nitrogens with one attached hydrogen (secondary N) is 1. The summed E-state index contributed by atoms with van der Waals surface area (Å²) in [7, 11) is 0. The van der Waals surface area contributed by atoms with Crippen molar-refractivity contribution in [1.82, 2.24) is 4.90 Å². The molecule has 2 amide bonds. The number of halogens is 4. The van der Waals surface area contributed by atoms with Gasteiger partial charge in [-0.2, -0.15) is 8.78 Å². The topological polar surface area (TPSA) is 49.4 Å². The van der Waals surface area contributed by atoms with Crippen LogP contribution >= 0.6 is 11.6 Å².